The summed E-state index contributed by atoms with van der Waals surface area (Å²) in [7, 11) is 0. The van der Waals surface area contributed by atoms with Crippen LogP contribution in [0.15, 0.2) is 48.5 Å². The minimum Gasteiger partial charge on any atom is -0.462 e. The molecule has 0 radical (unpaired) electrons. The summed E-state index contributed by atoms with van der Waals surface area (Å²) in [6, 6.07) is 15.3. The van der Waals surface area contributed by atoms with Gasteiger partial charge in [0.25, 0.3) is 0 Å². The molecule has 0 amide bonds. The second kappa shape index (κ2) is 7.64. The molecule has 1 nitrogen and oxygen atoms in total. The first-order valence-electron chi connectivity index (χ1n) is 4.76. The smallest absolute Gasteiger partial charge is 0.103 e. The van der Waals surface area contributed by atoms with Gasteiger partial charge in [-0.1, -0.05) is 24.3 Å². The number of ether oxygens (including phenoxy) is 1. The van der Waals surface area contributed by atoms with Crippen LogP contribution in [0.4, 0.5) is 0 Å². The Bertz CT molecular complexity index is 391. The van der Waals surface area contributed by atoms with E-state index in [9.17, 15) is 0 Å². The van der Waals surface area contributed by atoms with Crippen molar-refractivity contribution >= 4 is 0 Å². The first-order chi connectivity index (χ1) is 7.24. The van der Waals surface area contributed by atoms with Gasteiger partial charge in [-0.15, -0.1) is 0 Å². The average Bonchev–Trinajstić information content (AvgIpc) is 2.25. The molecule has 0 bridgehead atoms. The van der Waals surface area contributed by atoms with Crippen LogP contribution in [-0.4, -0.2) is 0 Å². The molecule has 0 atom stereocenters. The van der Waals surface area contributed by atoms with E-state index in [2.05, 4.69) is 13.8 Å². The summed E-state index contributed by atoms with van der Waals surface area (Å²) in [6.45, 7) is 7.63. The molecule has 0 aliphatic rings. The van der Waals surface area contributed by atoms with E-state index < -0.39 is 0 Å². The number of hydrogen-bond acceptors (Lipinski definition) is 1. The van der Waals surface area contributed by atoms with Crippen LogP contribution in [0.25, 0.3) is 0 Å². The SMILES string of the molecule is [CH2-]c1ccc(Oc2ccc([CH2-])cc2)cc1.[W].[W]. The average molecular weight is 564 g/mol. The molecule has 88 valence electrons. The van der Waals surface area contributed by atoms with Crippen molar-refractivity contribution in [2.24, 2.45) is 0 Å². The van der Waals surface area contributed by atoms with Crippen LogP contribution in [0, 0.1) is 13.8 Å². The summed E-state index contributed by atoms with van der Waals surface area (Å²) in [5.41, 5.74) is 1.96. The van der Waals surface area contributed by atoms with Gasteiger partial charge in [-0.2, -0.15) is 49.2 Å². The number of rotatable bonds is 2. The van der Waals surface area contributed by atoms with Crippen LogP contribution in [0.2, 0.25) is 0 Å². The van der Waals surface area contributed by atoms with E-state index in [-0.39, 0.29) is 42.1 Å². The minimum absolute atomic E-state index is 0. The maximum atomic E-state index is 5.63. The Hall–Kier alpha value is -0.643. The second-order valence-corrected chi connectivity index (χ2v) is 3.39. The molecule has 0 unspecified atom stereocenters. The number of hydrogen-bond donors (Lipinski definition) is 0. The van der Waals surface area contributed by atoms with Gasteiger partial charge in [-0.05, 0) is 0 Å². The van der Waals surface area contributed by atoms with Crippen LogP contribution in [-0.2, 0) is 42.1 Å². The minimum atomic E-state index is 0. The van der Waals surface area contributed by atoms with Crippen molar-refractivity contribution in [1.29, 1.82) is 0 Å². The molecular weight excluding hydrogens is 552 g/mol. The Labute approximate surface area is 131 Å². The quantitative estimate of drug-likeness (QED) is 0.505. The topological polar surface area (TPSA) is 9.23 Å². The molecule has 0 aliphatic heterocycles. The van der Waals surface area contributed by atoms with Gasteiger partial charge in [0.05, 0.1) is 0 Å². The first-order valence-corrected chi connectivity index (χ1v) is 4.76. The van der Waals surface area contributed by atoms with E-state index in [1.165, 1.54) is 0 Å². The summed E-state index contributed by atoms with van der Waals surface area (Å²) in [4.78, 5) is 0. The summed E-state index contributed by atoms with van der Waals surface area (Å²) < 4.78 is 5.63. The fraction of sp³-hybridized carbons (Fsp3) is 0. The van der Waals surface area contributed by atoms with E-state index >= 15 is 0 Å². The van der Waals surface area contributed by atoms with Crippen molar-refractivity contribution in [3.63, 3.8) is 0 Å². The molecule has 2 aromatic rings. The molecule has 17 heavy (non-hydrogen) atoms. The summed E-state index contributed by atoms with van der Waals surface area (Å²) in [5.74, 6) is 1.64. The van der Waals surface area contributed by atoms with Crippen molar-refractivity contribution in [1.82, 2.24) is 0 Å². The van der Waals surface area contributed by atoms with E-state index in [0.717, 1.165) is 22.6 Å². The largest absolute Gasteiger partial charge is 0.462 e. The van der Waals surface area contributed by atoms with Gasteiger partial charge in [0.2, 0.25) is 0 Å². The maximum Gasteiger partial charge on any atom is 0.103 e. The van der Waals surface area contributed by atoms with Crippen molar-refractivity contribution in [2.45, 2.75) is 0 Å². The van der Waals surface area contributed by atoms with E-state index in [4.69, 9.17) is 4.74 Å². The zero-order valence-corrected chi connectivity index (χ0v) is 15.1. The number of benzene rings is 2. The normalized spacial score (nSPS) is 8.71. The predicted molar refractivity (Wildman–Crippen MR) is 61.9 cm³/mol. The van der Waals surface area contributed by atoms with Crippen LogP contribution >= 0.6 is 0 Å². The molecule has 0 aliphatic carbocycles. The molecular formula is C14H12OW2-2. The van der Waals surface area contributed by atoms with Gasteiger partial charge in [0, 0.05) is 42.1 Å². The zero-order chi connectivity index (χ0) is 10.7. The molecule has 0 spiro atoms. The molecule has 0 fully saturated rings. The fourth-order valence-electron chi connectivity index (χ4n) is 1.25. The molecule has 0 heterocycles. The van der Waals surface area contributed by atoms with Crippen LogP contribution in [0.5, 0.6) is 11.5 Å². The molecule has 2 rings (SSSR count). The first kappa shape index (κ1) is 16.4. The molecule has 2 aromatic carbocycles. The Kier molecular flexibility index (Phi) is 7.35. The van der Waals surface area contributed by atoms with Gasteiger partial charge in [-0.3, -0.25) is 0 Å². The predicted octanol–water partition coefficient (Wildman–Crippen LogP) is 3.84. The van der Waals surface area contributed by atoms with E-state index in [0.29, 0.717) is 0 Å². The molecule has 0 aromatic heterocycles. The third-order valence-corrected chi connectivity index (χ3v) is 2.08. The van der Waals surface area contributed by atoms with Gasteiger partial charge >= 0.3 is 0 Å². The van der Waals surface area contributed by atoms with Gasteiger partial charge in [0.1, 0.15) is 11.5 Å². The summed E-state index contributed by atoms with van der Waals surface area (Å²) in [5, 5.41) is 0. The molecule has 0 saturated carbocycles. The van der Waals surface area contributed by atoms with Crippen LogP contribution in [0.3, 0.4) is 0 Å². The Balaban J connectivity index is 0.00000128. The third-order valence-electron chi connectivity index (χ3n) is 2.08. The Morgan fingerprint density at radius 2 is 0.882 bits per heavy atom. The van der Waals surface area contributed by atoms with Crippen LogP contribution < -0.4 is 4.74 Å². The summed E-state index contributed by atoms with van der Waals surface area (Å²) >= 11 is 0. The van der Waals surface area contributed by atoms with Crippen molar-refractivity contribution in [3.05, 3.63) is 73.5 Å². The van der Waals surface area contributed by atoms with Gasteiger partial charge in [-0.25, -0.2) is 0 Å². The molecule has 0 saturated heterocycles. The zero-order valence-electron chi connectivity index (χ0n) is 9.26. The third kappa shape index (κ3) is 5.02. The van der Waals surface area contributed by atoms with Crippen molar-refractivity contribution in [3.8, 4) is 11.5 Å². The van der Waals surface area contributed by atoms with E-state index in [1.807, 2.05) is 48.5 Å². The van der Waals surface area contributed by atoms with Crippen molar-refractivity contribution < 1.29 is 46.9 Å². The van der Waals surface area contributed by atoms with Crippen molar-refractivity contribution in [2.75, 3.05) is 0 Å². The molecule has 0 N–H and O–H groups in total. The molecule has 3 heteroatoms. The van der Waals surface area contributed by atoms with Crippen LogP contribution in [0.1, 0.15) is 11.1 Å². The fourth-order valence-corrected chi connectivity index (χ4v) is 1.25. The van der Waals surface area contributed by atoms with Gasteiger partial charge < -0.3 is 4.74 Å². The second-order valence-electron chi connectivity index (χ2n) is 3.39. The van der Waals surface area contributed by atoms with E-state index in [1.54, 1.807) is 0 Å². The standard InChI is InChI=1S/C14H12O.2W/c1-11-3-7-13(8-4-11)15-14-9-5-12(2)6-10-14;;/h3-10H,1-2H2;;/q-2;;. The maximum absolute atomic E-state index is 5.63. The Morgan fingerprint density at radius 1 is 0.588 bits per heavy atom. The Morgan fingerprint density at radius 3 is 1.18 bits per heavy atom. The van der Waals surface area contributed by atoms with Gasteiger partial charge in [0.15, 0.2) is 0 Å². The summed E-state index contributed by atoms with van der Waals surface area (Å²) in [6.07, 6.45) is 0. The monoisotopic (exact) mass is 564 g/mol.